The Morgan fingerprint density at radius 3 is 1.11 bits per heavy atom. The molecule has 2 aromatic rings. The third-order valence-electron chi connectivity index (χ3n) is 3.90. The molecule has 2 aromatic carbocycles. The molecule has 0 saturated heterocycles. The van der Waals surface area contributed by atoms with Gasteiger partial charge in [0.1, 0.15) is 34.6 Å². The molecule has 0 heterocycles. The van der Waals surface area contributed by atoms with E-state index in [4.69, 9.17) is 0 Å². The predicted molar refractivity (Wildman–Crippen MR) is 96.7 cm³/mol. The summed E-state index contributed by atoms with van der Waals surface area (Å²) >= 11 is 0. The first-order valence-electron chi connectivity index (χ1n) is 8.37. The Hall–Kier alpha value is -3.42. The van der Waals surface area contributed by atoms with Gasteiger partial charge in [0, 0.05) is 0 Å². The number of carbonyl (C=O) groups is 2. The van der Waals surface area contributed by atoms with Crippen molar-refractivity contribution in [1.82, 2.24) is 3.71 Å². The molecule has 0 unspecified atom stereocenters. The number of benzene rings is 2. The van der Waals surface area contributed by atoms with Crippen molar-refractivity contribution >= 4 is 43.2 Å². The molecule has 0 aliphatic heterocycles. The first kappa shape index (κ1) is 28.8. The fourth-order valence-corrected chi connectivity index (χ4v) is 4.94. The van der Waals surface area contributed by atoms with Crippen LogP contribution in [0.2, 0.25) is 0 Å². The summed E-state index contributed by atoms with van der Waals surface area (Å²) in [6.45, 7) is 0. The minimum Gasteiger partial charge on any atom is -0.263 e. The van der Waals surface area contributed by atoms with Gasteiger partial charge in [-0.25, -0.2) is 17.6 Å². The number of rotatable bonds is 4. The number of anilines is 2. The summed E-state index contributed by atoms with van der Waals surface area (Å²) in [5.74, 6) is -15.0. The molecule has 0 atom stereocenters. The van der Waals surface area contributed by atoms with Gasteiger partial charge in [0.05, 0.1) is 0 Å². The number of hydrogen-bond donors (Lipinski definition) is 0. The fourth-order valence-electron chi connectivity index (χ4n) is 2.43. The molecule has 0 aliphatic carbocycles. The maximum atomic E-state index is 14.3. The van der Waals surface area contributed by atoms with Crippen LogP contribution in [-0.2, 0) is 29.6 Å². The van der Waals surface area contributed by atoms with Gasteiger partial charge in [0.25, 0.3) is 0 Å². The van der Waals surface area contributed by atoms with Crippen LogP contribution in [0.5, 0.6) is 0 Å². The van der Waals surface area contributed by atoms with Gasteiger partial charge >= 0.3 is 42.9 Å². The van der Waals surface area contributed by atoms with E-state index in [0.29, 0.717) is 12.1 Å². The zero-order chi connectivity index (χ0) is 28.0. The Bertz CT molecular complexity index is 1300. The second-order valence-electron chi connectivity index (χ2n) is 6.18. The first-order valence-corrected chi connectivity index (χ1v) is 11.3. The fraction of sp³-hybridized carbons (Fsp3) is 0.125. The molecule has 20 heteroatoms. The Labute approximate surface area is 193 Å². The number of halogens is 10. The summed E-state index contributed by atoms with van der Waals surface area (Å²) in [5, 5.41) is 0. The summed E-state index contributed by atoms with van der Waals surface area (Å²) in [7, 11) is -15.8. The molecular formula is C16H6F10N2O6S2. The summed E-state index contributed by atoms with van der Waals surface area (Å²) in [6, 6.07) is 2.12. The molecular weight excluding hydrogens is 570 g/mol. The van der Waals surface area contributed by atoms with Gasteiger partial charge in [-0.05, 0) is 24.3 Å². The quantitative estimate of drug-likeness (QED) is 0.408. The smallest absolute Gasteiger partial charge is 0.263 e. The van der Waals surface area contributed by atoms with E-state index >= 15 is 0 Å². The Balaban J connectivity index is 2.96. The average molecular weight is 576 g/mol. The molecule has 0 fully saturated rings. The van der Waals surface area contributed by atoms with Crippen LogP contribution in [0.3, 0.4) is 0 Å². The van der Waals surface area contributed by atoms with Crippen molar-refractivity contribution in [1.29, 1.82) is 0 Å². The van der Waals surface area contributed by atoms with Crippen LogP contribution in [0.25, 0.3) is 0 Å². The van der Waals surface area contributed by atoms with Crippen LogP contribution in [0.1, 0.15) is 0 Å². The molecule has 198 valence electrons. The molecule has 2 amide bonds. The molecule has 36 heavy (non-hydrogen) atoms. The second kappa shape index (κ2) is 9.22. The van der Waals surface area contributed by atoms with E-state index in [1.807, 2.05) is 0 Å². The summed E-state index contributed by atoms with van der Waals surface area (Å²) in [5.41, 5.74) is -17.9. The van der Waals surface area contributed by atoms with Crippen LogP contribution in [0.15, 0.2) is 36.4 Å². The van der Waals surface area contributed by atoms with E-state index < -0.39 is 86.1 Å². The minimum atomic E-state index is -7.91. The predicted octanol–water partition coefficient (Wildman–Crippen LogP) is 3.44. The number of amides is 2. The largest absolute Gasteiger partial charge is 0.517 e. The van der Waals surface area contributed by atoms with Crippen molar-refractivity contribution in [3.05, 3.63) is 59.7 Å². The Kier molecular flexibility index (Phi) is 7.38. The lowest BCUT2D eigenvalue weighted by Crippen LogP contribution is -2.56. The van der Waals surface area contributed by atoms with E-state index in [9.17, 15) is 70.3 Å². The summed E-state index contributed by atoms with van der Waals surface area (Å²) < 4.78 is 178. The zero-order valence-corrected chi connectivity index (χ0v) is 18.0. The number of carbonyl (C=O) groups excluding carboxylic acids is 2. The van der Waals surface area contributed by atoms with Crippen molar-refractivity contribution in [3.8, 4) is 0 Å². The van der Waals surface area contributed by atoms with E-state index in [1.165, 1.54) is 0 Å². The van der Waals surface area contributed by atoms with E-state index in [1.54, 1.807) is 0 Å². The van der Waals surface area contributed by atoms with Gasteiger partial charge in [-0.1, -0.05) is 12.1 Å². The second-order valence-corrected chi connectivity index (χ2v) is 9.97. The SMILES string of the molecule is O=C(C(=O)N(S(=O)(=O)C(F)(F)F)S(=O)(=O)C(F)(F)F)N(c1c(F)cccc1F)c1c(F)cccc1F. The van der Waals surface area contributed by atoms with Crippen LogP contribution in [0, 0.1) is 23.3 Å². The number of sulfonamides is 2. The van der Waals surface area contributed by atoms with Crippen molar-refractivity contribution in [2.24, 2.45) is 0 Å². The highest BCUT2D eigenvalue weighted by atomic mass is 32.3. The minimum absolute atomic E-state index is 0.249. The van der Waals surface area contributed by atoms with Gasteiger partial charge < -0.3 is 0 Å². The number of para-hydroxylation sites is 2. The third-order valence-corrected chi connectivity index (χ3v) is 7.45. The molecule has 0 aliphatic rings. The van der Waals surface area contributed by atoms with Gasteiger partial charge in [0.2, 0.25) is 0 Å². The third kappa shape index (κ3) is 4.81. The van der Waals surface area contributed by atoms with E-state index in [2.05, 4.69) is 0 Å². The molecule has 0 radical (unpaired) electrons. The topological polar surface area (TPSA) is 109 Å². The van der Waals surface area contributed by atoms with Crippen molar-refractivity contribution < 1.29 is 70.3 Å². The number of nitrogens with zero attached hydrogens (tertiary/aromatic N) is 2. The molecule has 0 spiro atoms. The zero-order valence-electron chi connectivity index (χ0n) is 16.4. The standard InChI is InChI=1S/C16H6F10N2O6S2/c17-7-3-1-4-8(18)11(7)27(12-9(19)5-2-6-10(12)20)13(29)14(30)28(35(31,32)15(21,22)23)36(33,34)16(24,25)26/h1-6H. The van der Waals surface area contributed by atoms with Crippen molar-refractivity contribution in [2.45, 2.75) is 11.0 Å². The van der Waals surface area contributed by atoms with E-state index in [-0.39, 0.29) is 24.3 Å². The molecule has 0 bridgehead atoms. The number of hydrogen-bond acceptors (Lipinski definition) is 6. The van der Waals surface area contributed by atoms with Crippen LogP contribution >= 0.6 is 0 Å². The highest BCUT2D eigenvalue weighted by Crippen LogP contribution is 2.38. The normalized spacial score (nSPS) is 12.8. The first-order chi connectivity index (χ1) is 16.2. The maximum Gasteiger partial charge on any atom is 0.517 e. The van der Waals surface area contributed by atoms with Gasteiger partial charge in [0.15, 0.2) is 0 Å². The highest BCUT2D eigenvalue weighted by Gasteiger charge is 2.65. The monoisotopic (exact) mass is 576 g/mol. The number of alkyl halides is 6. The van der Waals surface area contributed by atoms with Gasteiger partial charge in [-0.2, -0.15) is 43.2 Å². The van der Waals surface area contributed by atoms with Crippen LogP contribution in [0.4, 0.5) is 55.3 Å². The molecule has 0 saturated carbocycles. The van der Waals surface area contributed by atoms with E-state index in [0.717, 1.165) is 0 Å². The average Bonchev–Trinajstić information content (AvgIpc) is 2.69. The molecule has 0 aromatic heterocycles. The summed E-state index contributed by atoms with van der Waals surface area (Å²) in [6.07, 6.45) is 0. The maximum absolute atomic E-state index is 14.3. The molecule has 0 N–H and O–H groups in total. The van der Waals surface area contributed by atoms with Gasteiger partial charge in [-0.3, -0.25) is 14.5 Å². The Morgan fingerprint density at radius 2 is 0.861 bits per heavy atom. The van der Waals surface area contributed by atoms with Gasteiger partial charge in [-0.15, -0.1) is 3.71 Å². The highest BCUT2D eigenvalue weighted by molar-refractivity contribution is 8.05. The van der Waals surface area contributed by atoms with Crippen molar-refractivity contribution in [2.75, 3.05) is 4.90 Å². The lowest BCUT2D eigenvalue weighted by Gasteiger charge is -2.27. The van der Waals surface area contributed by atoms with Crippen LogP contribution < -0.4 is 4.90 Å². The lowest BCUT2D eigenvalue weighted by molar-refractivity contribution is -0.139. The summed E-state index contributed by atoms with van der Waals surface area (Å²) in [4.78, 5) is 23.9. The van der Waals surface area contributed by atoms with Crippen molar-refractivity contribution in [3.63, 3.8) is 0 Å². The molecule has 2 rings (SSSR count). The Morgan fingerprint density at radius 1 is 0.583 bits per heavy atom. The molecule has 8 nitrogen and oxygen atoms in total. The lowest BCUT2D eigenvalue weighted by atomic mass is 10.2. The van der Waals surface area contributed by atoms with Crippen LogP contribution in [-0.4, -0.2) is 43.4 Å².